The quantitative estimate of drug-likeness (QED) is 0.805. The Bertz CT molecular complexity index is 639. The molecule has 7 heteroatoms. The maximum absolute atomic E-state index is 11.8. The third-order valence-corrected chi connectivity index (χ3v) is 2.82. The van der Waals surface area contributed by atoms with Gasteiger partial charge in [-0.3, -0.25) is 9.48 Å². The van der Waals surface area contributed by atoms with E-state index in [1.165, 1.54) is 0 Å². The number of carbonyl (C=O) groups excluding carboxylic acids is 1. The van der Waals surface area contributed by atoms with Crippen molar-refractivity contribution in [1.82, 2.24) is 9.78 Å². The molecule has 0 spiro atoms. The molecule has 1 aromatic carbocycles. The highest BCUT2D eigenvalue weighted by molar-refractivity contribution is 7.80. The first-order valence-corrected chi connectivity index (χ1v) is 6.28. The van der Waals surface area contributed by atoms with E-state index in [9.17, 15) is 4.79 Å². The van der Waals surface area contributed by atoms with E-state index in [0.717, 1.165) is 0 Å². The summed E-state index contributed by atoms with van der Waals surface area (Å²) in [5, 5.41) is 6.63. The molecular formula is C13H14N4O2S. The molecule has 0 bridgehead atoms. The third-order valence-electron chi connectivity index (χ3n) is 2.60. The second-order valence-corrected chi connectivity index (χ2v) is 4.48. The van der Waals surface area contributed by atoms with Crippen LogP contribution in [0.15, 0.2) is 36.5 Å². The van der Waals surface area contributed by atoms with E-state index in [0.29, 0.717) is 17.1 Å². The number of nitrogens with one attached hydrogen (secondary N) is 1. The topological polar surface area (TPSA) is 82.2 Å². The number of anilines is 1. The van der Waals surface area contributed by atoms with Crippen LogP contribution in [0.25, 0.3) is 0 Å². The van der Waals surface area contributed by atoms with Crippen LogP contribution in [0.3, 0.4) is 0 Å². The van der Waals surface area contributed by atoms with Crippen LogP contribution in [0, 0.1) is 0 Å². The van der Waals surface area contributed by atoms with Gasteiger partial charge in [0.25, 0.3) is 5.91 Å². The molecule has 1 heterocycles. The Kier molecular flexibility index (Phi) is 4.31. The van der Waals surface area contributed by atoms with Crippen LogP contribution >= 0.6 is 12.2 Å². The highest BCUT2D eigenvalue weighted by Crippen LogP contribution is 2.17. The lowest BCUT2D eigenvalue weighted by molar-refractivity contribution is -0.118. The Labute approximate surface area is 121 Å². The number of hydrogen-bond acceptors (Lipinski definition) is 4. The van der Waals surface area contributed by atoms with Gasteiger partial charge in [-0.05, 0) is 12.1 Å². The Morgan fingerprint density at radius 1 is 1.45 bits per heavy atom. The van der Waals surface area contributed by atoms with E-state index in [-0.39, 0.29) is 17.5 Å². The zero-order valence-corrected chi connectivity index (χ0v) is 11.7. The van der Waals surface area contributed by atoms with Gasteiger partial charge in [0.1, 0.15) is 16.6 Å². The molecule has 20 heavy (non-hydrogen) atoms. The van der Waals surface area contributed by atoms with E-state index in [1.54, 1.807) is 48.3 Å². The van der Waals surface area contributed by atoms with Crippen LogP contribution in [0.2, 0.25) is 0 Å². The first-order chi connectivity index (χ1) is 9.58. The molecule has 0 aliphatic rings. The van der Waals surface area contributed by atoms with Gasteiger partial charge in [-0.2, -0.15) is 5.10 Å². The molecule has 1 aromatic heterocycles. The van der Waals surface area contributed by atoms with E-state index in [1.807, 2.05) is 0 Å². The molecular weight excluding hydrogens is 276 g/mol. The summed E-state index contributed by atoms with van der Waals surface area (Å²) in [6.45, 7) is -0.134. The predicted octanol–water partition coefficient (Wildman–Crippen LogP) is 1.07. The van der Waals surface area contributed by atoms with Gasteiger partial charge in [0.15, 0.2) is 6.61 Å². The van der Waals surface area contributed by atoms with Gasteiger partial charge in [0.2, 0.25) is 0 Å². The van der Waals surface area contributed by atoms with Gasteiger partial charge in [0.05, 0.1) is 11.8 Å². The van der Waals surface area contributed by atoms with Crippen molar-refractivity contribution in [2.75, 3.05) is 11.9 Å². The minimum absolute atomic E-state index is 0.134. The van der Waals surface area contributed by atoms with Crippen molar-refractivity contribution in [2.45, 2.75) is 0 Å². The Hall–Kier alpha value is -2.41. The van der Waals surface area contributed by atoms with Crippen molar-refractivity contribution in [1.29, 1.82) is 0 Å². The molecule has 0 aliphatic heterocycles. The molecule has 0 aliphatic carbocycles. The summed E-state index contributed by atoms with van der Waals surface area (Å²) in [5.74, 6) is 0.799. The summed E-state index contributed by atoms with van der Waals surface area (Å²) in [6, 6.07) is 8.75. The number of rotatable bonds is 5. The molecule has 0 saturated carbocycles. The second-order valence-electron chi connectivity index (χ2n) is 4.04. The van der Waals surface area contributed by atoms with Crippen LogP contribution in [0.4, 0.5) is 5.82 Å². The van der Waals surface area contributed by atoms with Gasteiger partial charge in [-0.15, -0.1) is 0 Å². The van der Waals surface area contributed by atoms with Crippen molar-refractivity contribution in [3.8, 4) is 5.75 Å². The highest BCUT2D eigenvalue weighted by Gasteiger charge is 2.09. The number of aromatic nitrogens is 2. The SMILES string of the molecule is Cn1nccc1NC(=O)COc1ccccc1C(N)=S. The first-order valence-electron chi connectivity index (χ1n) is 5.87. The lowest BCUT2D eigenvalue weighted by Gasteiger charge is -2.10. The fourth-order valence-corrected chi connectivity index (χ4v) is 1.78. The van der Waals surface area contributed by atoms with Gasteiger partial charge < -0.3 is 15.8 Å². The molecule has 0 atom stereocenters. The van der Waals surface area contributed by atoms with Crippen LogP contribution in [-0.4, -0.2) is 27.3 Å². The summed E-state index contributed by atoms with van der Waals surface area (Å²) in [4.78, 5) is 12.0. The number of nitrogens with zero attached hydrogens (tertiary/aromatic N) is 2. The average Bonchev–Trinajstić information content (AvgIpc) is 2.82. The smallest absolute Gasteiger partial charge is 0.263 e. The second kappa shape index (κ2) is 6.16. The van der Waals surface area contributed by atoms with Crippen LogP contribution < -0.4 is 15.8 Å². The lowest BCUT2D eigenvalue weighted by atomic mass is 10.2. The highest BCUT2D eigenvalue weighted by atomic mass is 32.1. The fourth-order valence-electron chi connectivity index (χ4n) is 1.61. The molecule has 6 nitrogen and oxygen atoms in total. The lowest BCUT2D eigenvalue weighted by Crippen LogP contribution is -2.22. The number of thiocarbonyl (C=S) groups is 1. The third kappa shape index (κ3) is 3.33. The average molecular weight is 290 g/mol. The Balaban J connectivity index is 1.97. The zero-order chi connectivity index (χ0) is 14.5. The summed E-state index contributed by atoms with van der Waals surface area (Å²) in [7, 11) is 1.73. The van der Waals surface area contributed by atoms with Crippen molar-refractivity contribution in [3.05, 3.63) is 42.1 Å². The Morgan fingerprint density at radius 2 is 2.20 bits per heavy atom. The van der Waals surface area contributed by atoms with Crippen molar-refractivity contribution in [3.63, 3.8) is 0 Å². The maximum atomic E-state index is 11.8. The summed E-state index contributed by atoms with van der Waals surface area (Å²) in [6.07, 6.45) is 1.60. The molecule has 0 fully saturated rings. The normalized spacial score (nSPS) is 10.1. The van der Waals surface area contributed by atoms with E-state index in [4.69, 9.17) is 22.7 Å². The number of nitrogens with two attached hydrogens (primary N) is 1. The molecule has 2 rings (SSSR count). The Morgan fingerprint density at radius 3 is 2.85 bits per heavy atom. The largest absolute Gasteiger partial charge is 0.483 e. The zero-order valence-electron chi connectivity index (χ0n) is 10.9. The number of aryl methyl sites for hydroxylation is 1. The van der Waals surface area contributed by atoms with E-state index < -0.39 is 0 Å². The molecule has 0 radical (unpaired) electrons. The van der Waals surface area contributed by atoms with Crippen molar-refractivity contribution >= 4 is 28.9 Å². The molecule has 2 aromatic rings. The number of para-hydroxylation sites is 1. The fraction of sp³-hybridized carbons (Fsp3) is 0.154. The standard InChI is InChI=1S/C13H14N4O2S/c1-17-11(6-7-15-17)16-12(18)8-19-10-5-3-2-4-9(10)13(14)20/h2-7H,8H2,1H3,(H2,14,20)(H,16,18). The van der Waals surface area contributed by atoms with Gasteiger partial charge in [-0.25, -0.2) is 0 Å². The van der Waals surface area contributed by atoms with E-state index in [2.05, 4.69) is 10.4 Å². The summed E-state index contributed by atoms with van der Waals surface area (Å²) in [5.41, 5.74) is 6.20. The maximum Gasteiger partial charge on any atom is 0.263 e. The number of benzene rings is 1. The summed E-state index contributed by atoms with van der Waals surface area (Å²) < 4.78 is 7.00. The predicted molar refractivity (Wildman–Crippen MR) is 79.7 cm³/mol. The number of ether oxygens (including phenoxy) is 1. The molecule has 0 unspecified atom stereocenters. The van der Waals surface area contributed by atoms with Crippen LogP contribution in [0.1, 0.15) is 5.56 Å². The summed E-state index contributed by atoms with van der Waals surface area (Å²) >= 11 is 4.93. The molecule has 0 saturated heterocycles. The minimum Gasteiger partial charge on any atom is -0.483 e. The van der Waals surface area contributed by atoms with Gasteiger partial charge >= 0.3 is 0 Å². The van der Waals surface area contributed by atoms with Gasteiger partial charge in [-0.1, -0.05) is 24.4 Å². The van der Waals surface area contributed by atoms with Crippen LogP contribution in [0.5, 0.6) is 5.75 Å². The molecule has 1 amide bonds. The number of hydrogen-bond donors (Lipinski definition) is 2. The van der Waals surface area contributed by atoms with Crippen molar-refractivity contribution in [2.24, 2.45) is 12.8 Å². The number of amides is 1. The van der Waals surface area contributed by atoms with Gasteiger partial charge in [0, 0.05) is 13.1 Å². The minimum atomic E-state index is -0.286. The van der Waals surface area contributed by atoms with Crippen LogP contribution in [-0.2, 0) is 11.8 Å². The number of carbonyl (C=O) groups is 1. The monoisotopic (exact) mass is 290 g/mol. The van der Waals surface area contributed by atoms with E-state index >= 15 is 0 Å². The molecule has 104 valence electrons. The van der Waals surface area contributed by atoms with Crippen molar-refractivity contribution < 1.29 is 9.53 Å². The first kappa shape index (κ1) is 14.0. The molecule has 3 N–H and O–H groups in total.